The number of anilines is 1. The fourth-order valence-corrected chi connectivity index (χ4v) is 5.25. The predicted molar refractivity (Wildman–Crippen MR) is 109 cm³/mol. The van der Waals surface area contributed by atoms with Crippen LogP contribution in [-0.4, -0.2) is 52.2 Å². The minimum Gasteiger partial charge on any atom is -0.475 e. The van der Waals surface area contributed by atoms with Crippen molar-refractivity contribution in [2.45, 2.75) is 36.6 Å². The van der Waals surface area contributed by atoms with Crippen molar-refractivity contribution in [3.8, 4) is 5.88 Å². The SMILES string of the molecule is CN(C)C[C@@H]1COc2c(S(N)(=O)=NC(=O)Nc3c4c(cc5c3CC5)CC4)cnn21. The van der Waals surface area contributed by atoms with Crippen molar-refractivity contribution in [2.24, 2.45) is 9.50 Å². The predicted octanol–water partition coefficient (Wildman–Crippen LogP) is 1.51. The average molecular weight is 417 g/mol. The summed E-state index contributed by atoms with van der Waals surface area (Å²) in [5, 5.41) is 13.1. The van der Waals surface area contributed by atoms with E-state index in [0.717, 1.165) is 49.0 Å². The van der Waals surface area contributed by atoms with E-state index in [-0.39, 0.29) is 10.9 Å². The van der Waals surface area contributed by atoms with Crippen LogP contribution in [0, 0.1) is 0 Å². The maximum atomic E-state index is 13.1. The molecule has 2 heterocycles. The van der Waals surface area contributed by atoms with Gasteiger partial charge in [0.2, 0.25) is 5.88 Å². The molecule has 10 heteroatoms. The number of hydrogen-bond donors (Lipinski definition) is 2. The van der Waals surface area contributed by atoms with Gasteiger partial charge >= 0.3 is 6.03 Å². The van der Waals surface area contributed by atoms with Crippen LogP contribution in [0.3, 0.4) is 0 Å². The third kappa shape index (κ3) is 3.02. The first-order valence-corrected chi connectivity index (χ1v) is 11.3. The fourth-order valence-electron chi connectivity index (χ4n) is 4.25. The zero-order valence-electron chi connectivity index (χ0n) is 16.5. The number of nitrogens with two attached hydrogens (primary N) is 1. The van der Waals surface area contributed by atoms with Gasteiger partial charge in [-0.15, -0.1) is 4.36 Å². The molecule has 0 saturated heterocycles. The molecule has 0 spiro atoms. The summed E-state index contributed by atoms with van der Waals surface area (Å²) in [6.07, 6.45) is 5.33. The molecule has 3 aliphatic rings. The number of aryl methyl sites for hydroxylation is 2. The van der Waals surface area contributed by atoms with Gasteiger partial charge in [-0.25, -0.2) is 18.8 Å². The molecular weight excluding hydrogens is 392 g/mol. The lowest BCUT2D eigenvalue weighted by atomic mass is 9.76. The van der Waals surface area contributed by atoms with E-state index >= 15 is 0 Å². The Morgan fingerprint density at radius 1 is 1.34 bits per heavy atom. The molecule has 2 amide bonds. The quantitative estimate of drug-likeness (QED) is 0.784. The smallest absolute Gasteiger partial charge is 0.354 e. The minimum atomic E-state index is -3.48. The highest BCUT2D eigenvalue weighted by Gasteiger charge is 2.32. The molecule has 0 fully saturated rings. The number of carbonyl (C=O) groups excluding carboxylic acids is 1. The molecule has 1 unspecified atom stereocenters. The molecule has 2 aromatic rings. The van der Waals surface area contributed by atoms with Gasteiger partial charge < -0.3 is 15.0 Å². The van der Waals surface area contributed by atoms with E-state index in [9.17, 15) is 9.00 Å². The molecular formula is C19H24N6O3S. The zero-order valence-corrected chi connectivity index (χ0v) is 17.3. The molecule has 0 saturated carbocycles. The summed E-state index contributed by atoms with van der Waals surface area (Å²) in [6.45, 7) is 1.14. The number of ether oxygens (including phenoxy) is 1. The first-order valence-electron chi connectivity index (χ1n) is 9.71. The molecule has 1 aliphatic heterocycles. The standard InChI is InChI=1S/C19H24N6O3S/c1-24(2)9-13-10-28-18-16(8-21-25(13)18)29(20,27)23-19(26)22-17-14-5-3-11(14)7-12-4-6-15(12)17/h7-8,13H,3-6,9-10H2,1-2H3,(H3,20,22,23,26,27)/t13-,29?/m1/s1. The van der Waals surface area contributed by atoms with Crippen molar-refractivity contribution in [1.82, 2.24) is 14.7 Å². The zero-order chi connectivity index (χ0) is 20.3. The maximum absolute atomic E-state index is 13.1. The summed E-state index contributed by atoms with van der Waals surface area (Å²) >= 11 is 0. The number of hydrogen-bond acceptors (Lipinski definition) is 5. The Morgan fingerprint density at radius 3 is 2.62 bits per heavy atom. The minimum absolute atomic E-state index is 0.000213. The molecule has 2 aliphatic carbocycles. The highest BCUT2D eigenvalue weighted by atomic mass is 32.2. The summed E-state index contributed by atoms with van der Waals surface area (Å²) in [5.41, 5.74) is 5.72. The van der Waals surface area contributed by atoms with E-state index in [1.807, 2.05) is 19.0 Å². The first-order chi connectivity index (χ1) is 13.8. The number of benzene rings is 1. The van der Waals surface area contributed by atoms with Gasteiger partial charge in [0.05, 0.1) is 6.20 Å². The second kappa shape index (κ2) is 6.54. The molecule has 1 aromatic heterocycles. The van der Waals surface area contributed by atoms with Crippen LogP contribution >= 0.6 is 0 Å². The Morgan fingerprint density at radius 2 is 2.03 bits per heavy atom. The van der Waals surface area contributed by atoms with Crippen LogP contribution in [0.1, 0.15) is 28.3 Å². The van der Waals surface area contributed by atoms with E-state index < -0.39 is 15.9 Å². The van der Waals surface area contributed by atoms with E-state index in [0.29, 0.717) is 12.5 Å². The van der Waals surface area contributed by atoms with Crippen molar-refractivity contribution in [2.75, 3.05) is 32.6 Å². The van der Waals surface area contributed by atoms with E-state index in [2.05, 4.69) is 20.8 Å². The second-order valence-electron chi connectivity index (χ2n) is 8.10. The van der Waals surface area contributed by atoms with Crippen molar-refractivity contribution < 1.29 is 13.7 Å². The Hall–Kier alpha value is -2.43. The van der Waals surface area contributed by atoms with E-state index in [4.69, 9.17) is 9.88 Å². The number of amides is 2. The Balaban J connectivity index is 1.42. The molecule has 29 heavy (non-hydrogen) atoms. The molecule has 2 atom stereocenters. The maximum Gasteiger partial charge on any atom is 0.354 e. The number of nitrogens with one attached hydrogen (secondary N) is 1. The number of rotatable bonds is 4. The van der Waals surface area contributed by atoms with Crippen LogP contribution in [0.15, 0.2) is 21.5 Å². The normalized spacial score (nSPS) is 20.5. The molecule has 9 nitrogen and oxygen atoms in total. The number of carbonyl (C=O) groups is 1. The average Bonchev–Trinajstić information content (AvgIpc) is 3.14. The van der Waals surface area contributed by atoms with Crippen LogP contribution in [0.25, 0.3) is 0 Å². The Labute approximate surface area is 169 Å². The second-order valence-corrected chi connectivity index (χ2v) is 9.86. The van der Waals surface area contributed by atoms with Crippen LogP contribution in [0.4, 0.5) is 10.5 Å². The molecule has 5 rings (SSSR count). The van der Waals surface area contributed by atoms with Crippen molar-refractivity contribution in [3.63, 3.8) is 0 Å². The summed E-state index contributed by atoms with van der Waals surface area (Å²) in [7, 11) is 0.436. The van der Waals surface area contributed by atoms with Gasteiger partial charge in [-0.3, -0.25) is 0 Å². The highest BCUT2D eigenvalue weighted by Crippen LogP contribution is 2.41. The van der Waals surface area contributed by atoms with Crippen LogP contribution in [0.2, 0.25) is 0 Å². The third-order valence-corrected chi connectivity index (χ3v) is 7.18. The Kier molecular flexibility index (Phi) is 4.19. The van der Waals surface area contributed by atoms with Crippen LogP contribution in [-0.2, 0) is 35.6 Å². The molecule has 3 N–H and O–H groups in total. The van der Waals surface area contributed by atoms with Crippen LogP contribution in [0.5, 0.6) is 5.88 Å². The molecule has 154 valence electrons. The lowest BCUT2D eigenvalue weighted by Gasteiger charge is -2.31. The summed E-state index contributed by atoms with van der Waals surface area (Å²) in [6, 6.07) is 1.53. The number of likely N-dealkylation sites (N-methyl/N-ethyl adjacent to an activating group) is 1. The van der Waals surface area contributed by atoms with Crippen molar-refractivity contribution in [3.05, 3.63) is 34.5 Å². The fraction of sp³-hybridized carbons (Fsp3) is 0.474. The Bertz CT molecular complexity index is 1120. The van der Waals surface area contributed by atoms with Gasteiger partial charge in [-0.1, -0.05) is 6.07 Å². The molecule has 0 radical (unpaired) electrons. The largest absolute Gasteiger partial charge is 0.475 e. The van der Waals surface area contributed by atoms with Gasteiger partial charge in [0.15, 0.2) is 9.92 Å². The number of nitrogens with zero attached hydrogens (tertiary/aromatic N) is 4. The first kappa shape index (κ1) is 18.6. The lowest BCUT2D eigenvalue weighted by Crippen LogP contribution is -2.24. The van der Waals surface area contributed by atoms with Crippen molar-refractivity contribution >= 4 is 21.6 Å². The summed E-state index contributed by atoms with van der Waals surface area (Å²) in [5.74, 6) is 0.328. The summed E-state index contributed by atoms with van der Waals surface area (Å²) < 4.78 is 24.2. The highest BCUT2D eigenvalue weighted by molar-refractivity contribution is 7.91. The summed E-state index contributed by atoms with van der Waals surface area (Å²) in [4.78, 5) is 14.8. The molecule has 1 aromatic carbocycles. The van der Waals surface area contributed by atoms with Gasteiger partial charge in [0.1, 0.15) is 17.5 Å². The number of urea groups is 1. The molecule has 0 bridgehead atoms. The van der Waals surface area contributed by atoms with Crippen molar-refractivity contribution in [1.29, 1.82) is 0 Å². The van der Waals surface area contributed by atoms with E-state index in [1.54, 1.807) is 4.68 Å². The van der Waals surface area contributed by atoms with Gasteiger partial charge in [-0.2, -0.15) is 5.10 Å². The number of fused-ring (bicyclic) bond motifs is 3. The van der Waals surface area contributed by atoms with Gasteiger partial charge in [0, 0.05) is 12.2 Å². The van der Waals surface area contributed by atoms with Crippen LogP contribution < -0.4 is 15.2 Å². The number of aromatic nitrogens is 2. The topological polar surface area (TPSA) is 115 Å². The lowest BCUT2D eigenvalue weighted by molar-refractivity contribution is 0.260. The monoisotopic (exact) mass is 416 g/mol. The van der Waals surface area contributed by atoms with Gasteiger partial charge in [-0.05, 0) is 62.0 Å². The third-order valence-electron chi connectivity index (χ3n) is 5.83. The van der Waals surface area contributed by atoms with E-state index in [1.165, 1.54) is 17.3 Å². The van der Waals surface area contributed by atoms with Gasteiger partial charge in [0.25, 0.3) is 0 Å².